The van der Waals surface area contributed by atoms with Crippen molar-refractivity contribution in [1.29, 1.82) is 0 Å². The molecule has 0 fully saturated rings. The minimum Gasteiger partial charge on any atom is -0.338 e. The number of benzene rings is 2. The zero-order valence-electron chi connectivity index (χ0n) is 13.0. The zero-order valence-corrected chi connectivity index (χ0v) is 14.5. The maximum atomic E-state index is 11.9. The number of pyridine rings is 1. The molecule has 0 saturated carbocycles. The summed E-state index contributed by atoms with van der Waals surface area (Å²) in [5.41, 5.74) is 1.85. The summed E-state index contributed by atoms with van der Waals surface area (Å²) in [5.74, 6) is 0.559. The SMILES string of the molecule is O=C(Nc1ccccc1)Nc1ccc(Nc2c(Cl)cccc2Cl)nc1. The summed E-state index contributed by atoms with van der Waals surface area (Å²) >= 11 is 12.2. The number of urea groups is 1. The maximum Gasteiger partial charge on any atom is 0.323 e. The van der Waals surface area contributed by atoms with Crippen LogP contribution in [-0.2, 0) is 0 Å². The molecular formula is C18H14Cl2N4O. The van der Waals surface area contributed by atoms with Crippen LogP contribution < -0.4 is 16.0 Å². The lowest BCUT2D eigenvalue weighted by Gasteiger charge is -2.11. The molecule has 0 unspecified atom stereocenters. The molecule has 126 valence electrons. The predicted octanol–water partition coefficient (Wildman–Crippen LogP) is 5.78. The summed E-state index contributed by atoms with van der Waals surface area (Å²) in [4.78, 5) is 16.2. The van der Waals surface area contributed by atoms with E-state index < -0.39 is 0 Å². The van der Waals surface area contributed by atoms with Gasteiger partial charge in [-0.25, -0.2) is 9.78 Å². The maximum absolute atomic E-state index is 11.9. The number of amides is 2. The van der Waals surface area contributed by atoms with Gasteiger partial charge in [0, 0.05) is 5.69 Å². The average Bonchev–Trinajstić information content (AvgIpc) is 2.60. The molecule has 0 aliphatic rings. The molecule has 1 heterocycles. The number of para-hydroxylation sites is 2. The van der Waals surface area contributed by atoms with Crippen molar-refractivity contribution in [2.75, 3.05) is 16.0 Å². The molecule has 5 nitrogen and oxygen atoms in total. The quantitative estimate of drug-likeness (QED) is 0.543. The molecule has 0 saturated heterocycles. The van der Waals surface area contributed by atoms with Gasteiger partial charge in [0.15, 0.2) is 0 Å². The average molecular weight is 373 g/mol. The van der Waals surface area contributed by atoms with E-state index in [1.54, 1.807) is 42.5 Å². The van der Waals surface area contributed by atoms with Crippen LogP contribution in [0.5, 0.6) is 0 Å². The highest BCUT2D eigenvalue weighted by Gasteiger charge is 2.07. The van der Waals surface area contributed by atoms with Gasteiger partial charge in [-0.1, -0.05) is 47.5 Å². The van der Waals surface area contributed by atoms with Gasteiger partial charge in [-0.3, -0.25) is 0 Å². The standard InChI is InChI=1S/C18H14Cl2N4O/c19-14-7-4-8-15(20)17(14)24-16-10-9-13(11-21-16)23-18(25)22-12-5-2-1-3-6-12/h1-11H,(H,21,24)(H2,22,23,25). The van der Waals surface area contributed by atoms with Gasteiger partial charge in [-0.05, 0) is 36.4 Å². The number of hydrogen-bond acceptors (Lipinski definition) is 3. The number of hydrogen-bond donors (Lipinski definition) is 3. The Labute approximate surface area is 155 Å². The summed E-state index contributed by atoms with van der Waals surface area (Å²) in [6.07, 6.45) is 1.54. The van der Waals surface area contributed by atoms with Gasteiger partial charge in [0.1, 0.15) is 5.82 Å². The number of rotatable bonds is 4. The highest BCUT2D eigenvalue weighted by Crippen LogP contribution is 2.32. The third-order valence-electron chi connectivity index (χ3n) is 3.27. The fraction of sp³-hybridized carbons (Fsp3) is 0. The van der Waals surface area contributed by atoms with Crippen LogP contribution in [0.3, 0.4) is 0 Å². The van der Waals surface area contributed by atoms with Crippen molar-refractivity contribution in [3.05, 3.63) is 76.9 Å². The molecule has 2 aromatic carbocycles. The van der Waals surface area contributed by atoms with Crippen LogP contribution in [0.2, 0.25) is 10.0 Å². The molecule has 2 amide bonds. The van der Waals surface area contributed by atoms with E-state index in [1.165, 1.54) is 6.20 Å². The topological polar surface area (TPSA) is 66.1 Å². The molecule has 0 bridgehead atoms. The number of nitrogens with one attached hydrogen (secondary N) is 3. The molecule has 0 spiro atoms. The number of anilines is 4. The lowest BCUT2D eigenvalue weighted by atomic mass is 10.3. The summed E-state index contributed by atoms with van der Waals surface area (Å²) in [6, 6.07) is 17.5. The summed E-state index contributed by atoms with van der Waals surface area (Å²) in [7, 11) is 0. The fourth-order valence-corrected chi connectivity index (χ4v) is 2.59. The first-order valence-electron chi connectivity index (χ1n) is 7.42. The van der Waals surface area contributed by atoms with Crippen molar-refractivity contribution >= 4 is 52.1 Å². The predicted molar refractivity (Wildman–Crippen MR) is 103 cm³/mol. The number of nitrogens with zero attached hydrogens (tertiary/aromatic N) is 1. The van der Waals surface area contributed by atoms with E-state index in [-0.39, 0.29) is 6.03 Å². The molecule has 7 heteroatoms. The molecule has 3 N–H and O–H groups in total. The second-order valence-electron chi connectivity index (χ2n) is 5.10. The minimum atomic E-state index is -0.345. The van der Waals surface area contributed by atoms with E-state index in [1.807, 2.05) is 18.2 Å². The first kappa shape index (κ1) is 17.1. The number of aromatic nitrogens is 1. The fourth-order valence-electron chi connectivity index (χ4n) is 2.10. The minimum absolute atomic E-state index is 0.345. The molecule has 1 aromatic heterocycles. The second kappa shape index (κ2) is 7.88. The number of halogens is 2. The van der Waals surface area contributed by atoms with Crippen molar-refractivity contribution in [3.8, 4) is 0 Å². The van der Waals surface area contributed by atoms with Gasteiger partial charge in [-0.15, -0.1) is 0 Å². The van der Waals surface area contributed by atoms with E-state index in [4.69, 9.17) is 23.2 Å². The highest BCUT2D eigenvalue weighted by molar-refractivity contribution is 6.39. The highest BCUT2D eigenvalue weighted by atomic mass is 35.5. The van der Waals surface area contributed by atoms with Crippen molar-refractivity contribution < 1.29 is 4.79 Å². The van der Waals surface area contributed by atoms with Gasteiger partial charge in [0.05, 0.1) is 27.6 Å². The van der Waals surface area contributed by atoms with Gasteiger partial charge < -0.3 is 16.0 Å². The Kier molecular flexibility index (Phi) is 5.38. The molecular weight excluding hydrogens is 359 g/mol. The summed E-state index contributed by atoms with van der Waals surface area (Å²) < 4.78 is 0. The number of carbonyl (C=O) groups excluding carboxylic acids is 1. The lowest BCUT2D eigenvalue weighted by Crippen LogP contribution is -2.19. The van der Waals surface area contributed by atoms with Crippen molar-refractivity contribution in [2.24, 2.45) is 0 Å². The van der Waals surface area contributed by atoms with Crippen LogP contribution in [0.1, 0.15) is 0 Å². The molecule has 0 radical (unpaired) electrons. The Bertz CT molecular complexity index is 850. The van der Waals surface area contributed by atoms with Gasteiger partial charge in [0.2, 0.25) is 0 Å². The molecule has 0 atom stereocenters. The van der Waals surface area contributed by atoms with Crippen LogP contribution in [-0.4, -0.2) is 11.0 Å². The smallest absolute Gasteiger partial charge is 0.323 e. The Balaban J connectivity index is 1.63. The molecule has 25 heavy (non-hydrogen) atoms. The Morgan fingerprint density at radius 1 is 0.800 bits per heavy atom. The van der Waals surface area contributed by atoms with Gasteiger partial charge in [-0.2, -0.15) is 0 Å². The number of carbonyl (C=O) groups is 1. The van der Waals surface area contributed by atoms with Gasteiger partial charge >= 0.3 is 6.03 Å². The van der Waals surface area contributed by atoms with Crippen LogP contribution in [0.15, 0.2) is 66.9 Å². The van der Waals surface area contributed by atoms with E-state index >= 15 is 0 Å². The monoisotopic (exact) mass is 372 g/mol. The molecule has 0 aliphatic heterocycles. The normalized spacial score (nSPS) is 10.2. The van der Waals surface area contributed by atoms with E-state index in [0.717, 1.165) is 0 Å². The molecule has 3 rings (SSSR count). The first-order valence-corrected chi connectivity index (χ1v) is 8.17. The van der Waals surface area contributed by atoms with E-state index in [0.29, 0.717) is 32.9 Å². The molecule has 0 aliphatic carbocycles. The third-order valence-corrected chi connectivity index (χ3v) is 3.90. The van der Waals surface area contributed by atoms with Crippen LogP contribution in [0, 0.1) is 0 Å². The second-order valence-corrected chi connectivity index (χ2v) is 5.91. The Morgan fingerprint density at radius 2 is 1.48 bits per heavy atom. The first-order chi connectivity index (χ1) is 12.1. The van der Waals surface area contributed by atoms with E-state index in [2.05, 4.69) is 20.9 Å². The van der Waals surface area contributed by atoms with Gasteiger partial charge in [0.25, 0.3) is 0 Å². The Hall–Kier alpha value is -2.76. The van der Waals surface area contributed by atoms with Crippen molar-refractivity contribution in [3.63, 3.8) is 0 Å². The zero-order chi connectivity index (χ0) is 17.6. The summed E-state index contributed by atoms with van der Waals surface area (Å²) in [5, 5.41) is 9.50. The van der Waals surface area contributed by atoms with Crippen molar-refractivity contribution in [1.82, 2.24) is 4.98 Å². The Morgan fingerprint density at radius 3 is 2.12 bits per heavy atom. The van der Waals surface area contributed by atoms with Crippen molar-refractivity contribution in [2.45, 2.75) is 0 Å². The lowest BCUT2D eigenvalue weighted by molar-refractivity contribution is 0.262. The van der Waals surface area contributed by atoms with Crippen LogP contribution in [0.4, 0.5) is 27.7 Å². The van der Waals surface area contributed by atoms with Crippen LogP contribution in [0.25, 0.3) is 0 Å². The van der Waals surface area contributed by atoms with E-state index in [9.17, 15) is 4.79 Å². The molecule has 3 aromatic rings. The largest absolute Gasteiger partial charge is 0.338 e. The van der Waals surface area contributed by atoms with Crippen LogP contribution >= 0.6 is 23.2 Å². The third kappa shape index (κ3) is 4.62. The summed E-state index contributed by atoms with van der Waals surface area (Å²) in [6.45, 7) is 0.